The minimum Gasteiger partial charge on any atom is -0.375 e. The average Bonchev–Trinajstić information content (AvgIpc) is 2.53. The standard InChI is InChI=1S/C18H22FNO/c1-3-13-20-17(15-11-7-8-12-16(15)19)18(21-2)14-9-5-4-6-10-14/h4-12,17-18,20H,3,13H2,1-2H3. The second-order valence-corrected chi connectivity index (χ2v) is 5.02. The number of nitrogens with one attached hydrogen (secondary N) is 1. The Balaban J connectivity index is 2.36. The number of ether oxygens (including phenoxy) is 1. The molecule has 0 radical (unpaired) electrons. The van der Waals surface area contributed by atoms with Gasteiger partial charge in [0.1, 0.15) is 11.9 Å². The lowest BCUT2D eigenvalue weighted by Crippen LogP contribution is -2.29. The summed E-state index contributed by atoms with van der Waals surface area (Å²) in [6.07, 6.45) is 0.755. The zero-order valence-corrected chi connectivity index (χ0v) is 12.6. The van der Waals surface area contributed by atoms with Crippen molar-refractivity contribution in [2.75, 3.05) is 13.7 Å². The SMILES string of the molecule is CCCNC(c1ccccc1F)C(OC)c1ccccc1. The van der Waals surface area contributed by atoms with E-state index in [0.29, 0.717) is 5.56 Å². The summed E-state index contributed by atoms with van der Waals surface area (Å²) in [5, 5.41) is 3.41. The zero-order valence-electron chi connectivity index (χ0n) is 12.6. The first kappa shape index (κ1) is 15.7. The van der Waals surface area contributed by atoms with Crippen LogP contribution in [-0.4, -0.2) is 13.7 Å². The molecule has 112 valence electrons. The zero-order chi connectivity index (χ0) is 15.1. The normalized spacial score (nSPS) is 13.9. The largest absolute Gasteiger partial charge is 0.375 e. The van der Waals surface area contributed by atoms with Gasteiger partial charge in [0, 0.05) is 12.7 Å². The second kappa shape index (κ2) is 7.91. The molecule has 2 nitrogen and oxygen atoms in total. The van der Waals surface area contributed by atoms with Gasteiger partial charge in [0.25, 0.3) is 0 Å². The van der Waals surface area contributed by atoms with Crippen LogP contribution in [-0.2, 0) is 4.74 Å². The molecule has 2 rings (SSSR count). The highest BCUT2D eigenvalue weighted by Crippen LogP contribution is 2.32. The van der Waals surface area contributed by atoms with Crippen molar-refractivity contribution in [2.45, 2.75) is 25.5 Å². The summed E-state index contributed by atoms with van der Waals surface area (Å²) in [4.78, 5) is 0. The molecule has 2 unspecified atom stereocenters. The molecule has 0 bridgehead atoms. The molecular formula is C18H22FNO. The van der Waals surface area contributed by atoms with Crippen LogP contribution in [0.2, 0.25) is 0 Å². The van der Waals surface area contributed by atoms with E-state index >= 15 is 0 Å². The lowest BCUT2D eigenvalue weighted by Gasteiger charge is -2.28. The van der Waals surface area contributed by atoms with Crippen molar-refractivity contribution in [3.63, 3.8) is 0 Å². The van der Waals surface area contributed by atoms with Gasteiger partial charge in [-0.15, -0.1) is 0 Å². The van der Waals surface area contributed by atoms with Crippen molar-refractivity contribution in [3.8, 4) is 0 Å². The molecule has 0 amide bonds. The van der Waals surface area contributed by atoms with Crippen molar-refractivity contribution in [1.29, 1.82) is 0 Å². The van der Waals surface area contributed by atoms with Crippen molar-refractivity contribution in [1.82, 2.24) is 5.32 Å². The van der Waals surface area contributed by atoms with Crippen LogP contribution in [0.3, 0.4) is 0 Å². The average molecular weight is 287 g/mol. The molecule has 0 heterocycles. The van der Waals surface area contributed by atoms with E-state index in [1.54, 1.807) is 13.2 Å². The molecule has 2 aromatic rings. The molecule has 0 spiro atoms. The Labute approximate surface area is 126 Å². The molecule has 0 saturated heterocycles. The highest BCUT2D eigenvalue weighted by molar-refractivity contribution is 5.27. The Hall–Kier alpha value is -1.71. The fourth-order valence-electron chi connectivity index (χ4n) is 2.51. The van der Waals surface area contributed by atoms with Gasteiger partial charge in [-0.3, -0.25) is 0 Å². The maximum atomic E-state index is 14.2. The molecule has 0 aromatic heterocycles. The summed E-state index contributed by atoms with van der Waals surface area (Å²) in [7, 11) is 1.67. The van der Waals surface area contributed by atoms with Gasteiger partial charge in [-0.2, -0.15) is 0 Å². The molecule has 0 aliphatic rings. The lowest BCUT2D eigenvalue weighted by atomic mass is 9.95. The molecule has 1 N–H and O–H groups in total. The van der Waals surface area contributed by atoms with Gasteiger partial charge in [-0.05, 0) is 24.6 Å². The van der Waals surface area contributed by atoms with Crippen LogP contribution in [0.15, 0.2) is 54.6 Å². The fraction of sp³-hybridized carbons (Fsp3) is 0.333. The Kier molecular flexibility index (Phi) is 5.90. The van der Waals surface area contributed by atoms with Crippen molar-refractivity contribution >= 4 is 0 Å². The summed E-state index contributed by atoms with van der Waals surface area (Å²) in [5.41, 5.74) is 1.68. The maximum absolute atomic E-state index is 14.2. The number of hydrogen-bond acceptors (Lipinski definition) is 2. The quantitative estimate of drug-likeness (QED) is 0.822. The smallest absolute Gasteiger partial charge is 0.128 e. The molecule has 0 saturated carbocycles. The first-order chi connectivity index (χ1) is 10.3. The van der Waals surface area contributed by atoms with Crippen LogP contribution in [0.5, 0.6) is 0 Å². The Morgan fingerprint density at radius 1 is 1.05 bits per heavy atom. The Bertz CT molecular complexity index is 544. The third kappa shape index (κ3) is 3.90. The van der Waals surface area contributed by atoms with Gasteiger partial charge in [0.15, 0.2) is 0 Å². The summed E-state index contributed by atoms with van der Waals surface area (Å²) >= 11 is 0. The Morgan fingerprint density at radius 3 is 2.33 bits per heavy atom. The predicted octanol–water partition coefficient (Wildman–Crippen LogP) is 4.25. The van der Waals surface area contributed by atoms with Crippen LogP contribution in [0.4, 0.5) is 4.39 Å². The number of benzene rings is 2. The minimum atomic E-state index is -0.227. The van der Waals surface area contributed by atoms with E-state index in [9.17, 15) is 4.39 Å². The maximum Gasteiger partial charge on any atom is 0.128 e. The highest BCUT2D eigenvalue weighted by atomic mass is 19.1. The molecule has 2 aromatic carbocycles. The van der Waals surface area contributed by atoms with Gasteiger partial charge in [-0.1, -0.05) is 55.5 Å². The first-order valence-electron chi connectivity index (χ1n) is 7.33. The van der Waals surface area contributed by atoms with E-state index in [1.165, 1.54) is 6.07 Å². The van der Waals surface area contributed by atoms with Gasteiger partial charge >= 0.3 is 0 Å². The number of methoxy groups -OCH3 is 1. The van der Waals surface area contributed by atoms with E-state index in [-0.39, 0.29) is 18.0 Å². The van der Waals surface area contributed by atoms with Gasteiger partial charge in [-0.25, -0.2) is 4.39 Å². The van der Waals surface area contributed by atoms with Gasteiger partial charge in [0.2, 0.25) is 0 Å². The summed E-state index contributed by atoms with van der Waals surface area (Å²) in [6.45, 7) is 2.90. The molecular weight excluding hydrogens is 265 g/mol. The van der Waals surface area contributed by atoms with Crippen molar-refractivity contribution < 1.29 is 9.13 Å². The molecule has 21 heavy (non-hydrogen) atoms. The van der Waals surface area contributed by atoms with Crippen LogP contribution in [0.25, 0.3) is 0 Å². The first-order valence-corrected chi connectivity index (χ1v) is 7.33. The molecule has 2 atom stereocenters. The highest BCUT2D eigenvalue weighted by Gasteiger charge is 2.26. The lowest BCUT2D eigenvalue weighted by molar-refractivity contribution is 0.0664. The van der Waals surface area contributed by atoms with Gasteiger partial charge < -0.3 is 10.1 Å². The van der Waals surface area contributed by atoms with E-state index in [0.717, 1.165) is 18.5 Å². The minimum absolute atomic E-state index is 0.205. The molecule has 3 heteroatoms. The molecule has 0 aliphatic heterocycles. The monoisotopic (exact) mass is 287 g/mol. The van der Waals surface area contributed by atoms with Crippen LogP contribution in [0.1, 0.15) is 36.6 Å². The Morgan fingerprint density at radius 2 is 1.71 bits per heavy atom. The van der Waals surface area contributed by atoms with E-state index in [4.69, 9.17) is 4.74 Å². The predicted molar refractivity (Wildman–Crippen MR) is 83.6 cm³/mol. The molecule has 0 aliphatic carbocycles. The number of halogens is 1. The van der Waals surface area contributed by atoms with Crippen LogP contribution >= 0.6 is 0 Å². The van der Waals surface area contributed by atoms with Gasteiger partial charge in [0.05, 0.1) is 6.04 Å². The van der Waals surface area contributed by atoms with E-state index in [2.05, 4.69) is 12.2 Å². The van der Waals surface area contributed by atoms with E-state index in [1.807, 2.05) is 42.5 Å². The fourth-order valence-corrected chi connectivity index (χ4v) is 2.51. The van der Waals surface area contributed by atoms with Crippen molar-refractivity contribution in [2.24, 2.45) is 0 Å². The van der Waals surface area contributed by atoms with E-state index < -0.39 is 0 Å². The third-order valence-electron chi connectivity index (χ3n) is 3.54. The molecule has 0 fully saturated rings. The van der Waals surface area contributed by atoms with Crippen molar-refractivity contribution in [3.05, 3.63) is 71.5 Å². The number of rotatable bonds is 7. The summed E-state index contributed by atoms with van der Waals surface area (Å²) < 4.78 is 19.9. The summed E-state index contributed by atoms with van der Waals surface area (Å²) in [6, 6.07) is 16.6. The third-order valence-corrected chi connectivity index (χ3v) is 3.54. The second-order valence-electron chi connectivity index (χ2n) is 5.02. The van der Waals surface area contributed by atoms with Crippen LogP contribution < -0.4 is 5.32 Å². The number of hydrogen-bond donors (Lipinski definition) is 1. The topological polar surface area (TPSA) is 21.3 Å². The summed E-state index contributed by atoms with van der Waals surface area (Å²) in [5.74, 6) is -0.205. The van der Waals surface area contributed by atoms with Crippen LogP contribution in [0, 0.1) is 5.82 Å².